The molecule has 0 spiro atoms. The number of carbonyl (C=O) groups excluding carboxylic acids is 1. The average molecular weight is 284 g/mol. The van der Waals surface area contributed by atoms with Crippen molar-refractivity contribution in [3.05, 3.63) is 47.5 Å². The molecule has 1 heterocycles. The number of aryl methyl sites for hydroxylation is 1. The van der Waals surface area contributed by atoms with Gasteiger partial charge in [-0.05, 0) is 30.7 Å². The number of nitrogen functional groups attached to an aromatic ring is 1. The van der Waals surface area contributed by atoms with Crippen molar-refractivity contribution >= 4 is 17.3 Å². The van der Waals surface area contributed by atoms with Crippen LogP contribution in [0.1, 0.15) is 15.9 Å². The summed E-state index contributed by atoms with van der Waals surface area (Å²) in [5.74, 6) is 0.804. The quantitative estimate of drug-likeness (QED) is 0.831. The molecule has 0 atom stereocenters. The molecule has 5 heteroatoms. The minimum atomic E-state index is -0.265. The zero-order valence-electron chi connectivity index (χ0n) is 11.7. The topological polar surface area (TPSA) is 73.6 Å². The Labute approximate surface area is 122 Å². The number of hydrogen-bond donors (Lipinski definition) is 2. The molecule has 1 amide bonds. The lowest BCUT2D eigenvalue weighted by Crippen LogP contribution is -2.20. The molecule has 0 aromatic heterocycles. The van der Waals surface area contributed by atoms with Crippen molar-refractivity contribution in [3.8, 4) is 11.5 Å². The summed E-state index contributed by atoms with van der Waals surface area (Å²) in [5.41, 5.74) is 8.42. The summed E-state index contributed by atoms with van der Waals surface area (Å²) >= 11 is 0. The van der Waals surface area contributed by atoms with Gasteiger partial charge in [-0.2, -0.15) is 0 Å². The van der Waals surface area contributed by atoms with Gasteiger partial charge in [0, 0.05) is 0 Å². The molecule has 0 fully saturated rings. The van der Waals surface area contributed by atoms with Crippen molar-refractivity contribution in [2.24, 2.45) is 0 Å². The molecule has 0 radical (unpaired) electrons. The smallest absolute Gasteiger partial charge is 0.259 e. The molecule has 108 valence electrons. The highest BCUT2D eigenvalue weighted by Crippen LogP contribution is 2.34. The van der Waals surface area contributed by atoms with E-state index in [9.17, 15) is 4.79 Å². The summed E-state index contributed by atoms with van der Waals surface area (Å²) in [5, 5.41) is 2.85. The molecule has 0 bridgehead atoms. The van der Waals surface area contributed by atoms with Crippen LogP contribution in [0.25, 0.3) is 0 Å². The summed E-state index contributed by atoms with van der Waals surface area (Å²) in [6, 6.07) is 10.8. The molecule has 21 heavy (non-hydrogen) atoms. The molecule has 0 saturated heterocycles. The van der Waals surface area contributed by atoms with Crippen LogP contribution in [0.5, 0.6) is 11.5 Å². The summed E-state index contributed by atoms with van der Waals surface area (Å²) in [6.45, 7) is 2.82. The molecule has 0 unspecified atom stereocenters. The predicted octanol–water partition coefficient (Wildman–Crippen LogP) is 2.60. The highest BCUT2D eigenvalue weighted by atomic mass is 16.6. The number of fused-ring (bicyclic) bond motifs is 1. The second kappa shape index (κ2) is 5.36. The fraction of sp³-hybridized carbons (Fsp3) is 0.188. The molecule has 5 nitrogen and oxygen atoms in total. The Kier molecular flexibility index (Phi) is 3.39. The highest BCUT2D eigenvalue weighted by Gasteiger charge is 2.21. The lowest BCUT2D eigenvalue weighted by molar-refractivity contribution is 0.101. The Bertz CT molecular complexity index is 678. The molecule has 2 aromatic rings. The van der Waals surface area contributed by atoms with Gasteiger partial charge in [-0.3, -0.25) is 4.79 Å². The standard InChI is InChI=1S/C16H16N2O3/c1-10-4-2-6-12(17)14(10)18-16(19)11-5-3-7-13-15(11)21-9-8-20-13/h2-7H,8-9,17H2,1H3,(H,18,19). The number of benzene rings is 2. The van der Waals surface area contributed by atoms with E-state index in [4.69, 9.17) is 15.2 Å². The van der Waals surface area contributed by atoms with Crippen LogP contribution in [0.4, 0.5) is 11.4 Å². The van der Waals surface area contributed by atoms with Gasteiger partial charge in [0.1, 0.15) is 13.2 Å². The number of carbonyl (C=O) groups is 1. The molecule has 3 N–H and O–H groups in total. The lowest BCUT2D eigenvalue weighted by atomic mass is 10.1. The lowest BCUT2D eigenvalue weighted by Gasteiger charge is -2.21. The van der Waals surface area contributed by atoms with Crippen LogP contribution in [-0.2, 0) is 0 Å². The SMILES string of the molecule is Cc1cccc(N)c1NC(=O)c1cccc2c1OCCO2. The summed E-state index contributed by atoms with van der Waals surface area (Å²) < 4.78 is 11.0. The van der Waals surface area contributed by atoms with Gasteiger partial charge in [0.05, 0.1) is 16.9 Å². The average Bonchev–Trinajstić information content (AvgIpc) is 2.50. The van der Waals surface area contributed by atoms with Gasteiger partial charge in [-0.1, -0.05) is 18.2 Å². The van der Waals surface area contributed by atoms with Crippen LogP contribution in [0.2, 0.25) is 0 Å². The van der Waals surface area contributed by atoms with E-state index in [2.05, 4.69) is 5.32 Å². The summed E-state index contributed by atoms with van der Waals surface area (Å²) in [4.78, 5) is 12.5. The number of hydrogen-bond acceptors (Lipinski definition) is 4. The summed E-state index contributed by atoms with van der Waals surface area (Å²) in [7, 11) is 0. The van der Waals surface area contributed by atoms with Crippen LogP contribution in [0.15, 0.2) is 36.4 Å². The molecule has 0 saturated carbocycles. The maximum Gasteiger partial charge on any atom is 0.259 e. The van der Waals surface area contributed by atoms with E-state index in [1.807, 2.05) is 19.1 Å². The van der Waals surface area contributed by atoms with Crippen molar-refractivity contribution in [2.75, 3.05) is 24.3 Å². The van der Waals surface area contributed by atoms with E-state index in [0.29, 0.717) is 41.7 Å². The Hall–Kier alpha value is -2.69. The maximum absolute atomic E-state index is 12.5. The van der Waals surface area contributed by atoms with Gasteiger partial charge in [-0.15, -0.1) is 0 Å². The van der Waals surface area contributed by atoms with Gasteiger partial charge in [0.15, 0.2) is 11.5 Å². The van der Waals surface area contributed by atoms with Crippen LogP contribution >= 0.6 is 0 Å². The second-order valence-corrected chi connectivity index (χ2v) is 4.82. The minimum absolute atomic E-state index is 0.265. The highest BCUT2D eigenvalue weighted by molar-refractivity contribution is 6.08. The van der Waals surface area contributed by atoms with Crippen molar-refractivity contribution < 1.29 is 14.3 Å². The zero-order chi connectivity index (χ0) is 14.8. The molecular weight excluding hydrogens is 268 g/mol. The van der Waals surface area contributed by atoms with Gasteiger partial charge >= 0.3 is 0 Å². The van der Waals surface area contributed by atoms with E-state index >= 15 is 0 Å². The van der Waals surface area contributed by atoms with Crippen LogP contribution in [-0.4, -0.2) is 19.1 Å². The molecule has 0 aliphatic carbocycles. The van der Waals surface area contributed by atoms with E-state index in [0.717, 1.165) is 5.56 Å². The minimum Gasteiger partial charge on any atom is -0.486 e. The van der Waals surface area contributed by atoms with Crippen LogP contribution in [0, 0.1) is 6.92 Å². The number of ether oxygens (including phenoxy) is 2. The van der Waals surface area contributed by atoms with Gasteiger partial charge in [0.2, 0.25) is 0 Å². The number of para-hydroxylation sites is 2. The first-order valence-corrected chi connectivity index (χ1v) is 6.72. The number of rotatable bonds is 2. The number of nitrogens with two attached hydrogens (primary N) is 1. The predicted molar refractivity (Wildman–Crippen MR) is 81.0 cm³/mol. The van der Waals surface area contributed by atoms with Crippen molar-refractivity contribution in [1.29, 1.82) is 0 Å². The third kappa shape index (κ3) is 2.50. The van der Waals surface area contributed by atoms with Gasteiger partial charge in [-0.25, -0.2) is 0 Å². The van der Waals surface area contributed by atoms with E-state index in [1.54, 1.807) is 24.3 Å². The Morgan fingerprint density at radius 3 is 2.71 bits per heavy atom. The normalized spacial score (nSPS) is 12.8. The van der Waals surface area contributed by atoms with Crippen LogP contribution < -0.4 is 20.5 Å². The van der Waals surface area contributed by atoms with E-state index in [-0.39, 0.29) is 5.91 Å². The zero-order valence-corrected chi connectivity index (χ0v) is 11.7. The number of amides is 1. The second-order valence-electron chi connectivity index (χ2n) is 4.82. The summed E-state index contributed by atoms with van der Waals surface area (Å²) in [6.07, 6.45) is 0. The van der Waals surface area contributed by atoms with Crippen LogP contribution in [0.3, 0.4) is 0 Å². The number of anilines is 2. The molecule has 2 aromatic carbocycles. The largest absolute Gasteiger partial charge is 0.486 e. The Balaban J connectivity index is 1.93. The van der Waals surface area contributed by atoms with Crippen molar-refractivity contribution in [1.82, 2.24) is 0 Å². The van der Waals surface area contributed by atoms with E-state index < -0.39 is 0 Å². The fourth-order valence-electron chi connectivity index (χ4n) is 2.29. The van der Waals surface area contributed by atoms with Crippen molar-refractivity contribution in [3.63, 3.8) is 0 Å². The molecule has 1 aliphatic heterocycles. The number of nitrogens with one attached hydrogen (secondary N) is 1. The van der Waals surface area contributed by atoms with Gasteiger partial charge in [0.25, 0.3) is 5.91 Å². The first-order chi connectivity index (χ1) is 10.2. The first kappa shape index (κ1) is 13.3. The van der Waals surface area contributed by atoms with Crippen molar-refractivity contribution in [2.45, 2.75) is 6.92 Å². The monoisotopic (exact) mass is 284 g/mol. The van der Waals surface area contributed by atoms with Gasteiger partial charge < -0.3 is 20.5 Å². The maximum atomic E-state index is 12.5. The molecule has 1 aliphatic rings. The third-order valence-corrected chi connectivity index (χ3v) is 3.35. The Morgan fingerprint density at radius 2 is 1.90 bits per heavy atom. The Morgan fingerprint density at radius 1 is 1.14 bits per heavy atom. The molecule has 3 rings (SSSR count). The third-order valence-electron chi connectivity index (χ3n) is 3.35. The fourth-order valence-corrected chi connectivity index (χ4v) is 2.29. The first-order valence-electron chi connectivity index (χ1n) is 6.72. The van der Waals surface area contributed by atoms with E-state index in [1.165, 1.54) is 0 Å². The molecular formula is C16H16N2O3.